The summed E-state index contributed by atoms with van der Waals surface area (Å²) in [4.78, 5) is 27.7. The first-order valence-corrected chi connectivity index (χ1v) is 12.4. The molecule has 0 spiro atoms. The third-order valence-corrected chi connectivity index (χ3v) is 7.12. The number of imide groups is 1. The number of nitrogens with zero attached hydrogens (tertiary/aromatic N) is 1. The first kappa shape index (κ1) is 23.2. The van der Waals surface area contributed by atoms with E-state index in [1.165, 1.54) is 4.90 Å². The predicted molar refractivity (Wildman–Crippen MR) is 142 cm³/mol. The van der Waals surface area contributed by atoms with Gasteiger partial charge >= 0.3 is 0 Å². The molecule has 0 atom stereocenters. The molecule has 1 aliphatic rings. The third-order valence-electron chi connectivity index (χ3n) is 5.84. The summed E-state index contributed by atoms with van der Waals surface area (Å²) in [7, 11) is 0. The number of hydrogen-bond donors (Lipinski definition) is 0. The van der Waals surface area contributed by atoms with Crippen molar-refractivity contribution in [3.05, 3.63) is 117 Å². The lowest BCUT2D eigenvalue weighted by Gasteiger charge is -2.14. The maximum Gasteiger partial charge on any atom is 0.293 e. The normalized spacial score (nSPS) is 14.8. The maximum atomic E-state index is 13.2. The van der Waals surface area contributed by atoms with Crippen LogP contribution in [-0.4, -0.2) is 16.0 Å². The molecule has 0 radical (unpaired) electrons. The second-order valence-corrected chi connectivity index (χ2v) is 9.74. The highest BCUT2D eigenvalue weighted by molar-refractivity contribution is 8.18. The predicted octanol–water partition coefficient (Wildman–Crippen LogP) is 7.62. The molecule has 4 aromatic rings. The van der Waals surface area contributed by atoms with E-state index >= 15 is 0 Å². The van der Waals surface area contributed by atoms with Gasteiger partial charge in [0.25, 0.3) is 11.1 Å². The SMILES string of the molecule is Cc1cccc(CN2C(=O)S/C(=C\c3c(OCc4ccccc4Cl)ccc4ccccc34)C2=O)c1. The fraction of sp³-hybridized carbons (Fsp3) is 0.103. The molecule has 0 N–H and O–H groups in total. The van der Waals surface area contributed by atoms with Crippen LogP contribution in [-0.2, 0) is 17.9 Å². The van der Waals surface area contributed by atoms with Crippen molar-refractivity contribution in [2.24, 2.45) is 0 Å². The summed E-state index contributed by atoms with van der Waals surface area (Å²) in [6.07, 6.45) is 1.77. The fourth-order valence-corrected chi connectivity index (χ4v) is 5.09. The summed E-state index contributed by atoms with van der Waals surface area (Å²) < 4.78 is 6.17. The van der Waals surface area contributed by atoms with Crippen molar-refractivity contribution in [3.63, 3.8) is 0 Å². The van der Waals surface area contributed by atoms with Crippen LogP contribution >= 0.6 is 23.4 Å². The number of thioether (sulfide) groups is 1. The van der Waals surface area contributed by atoms with Crippen LogP contribution in [0, 0.1) is 6.92 Å². The van der Waals surface area contributed by atoms with Crippen LogP contribution in [0.3, 0.4) is 0 Å². The number of rotatable bonds is 6. The average molecular weight is 500 g/mol. The molecule has 4 nitrogen and oxygen atoms in total. The van der Waals surface area contributed by atoms with Crippen LogP contribution in [0.4, 0.5) is 4.79 Å². The molecular weight excluding hydrogens is 478 g/mol. The highest BCUT2D eigenvalue weighted by atomic mass is 35.5. The van der Waals surface area contributed by atoms with Crippen molar-refractivity contribution >= 4 is 51.4 Å². The Kier molecular flexibility index (Phi) is 6.62. The van der Waals surface area contributed by atoms with Gasteiger partial charge in [0.1, 0.15) is 12.4 Å². The van der Waals surface area contributed by atoms with Gasteiger partial charge in [0.15, 0.2) is 0 Å². The number of halogens is 1. The second kappa shape index (κ2) is 9.98. The largest absolute Gasteiger partial charge is 0.488 e. The average Bonchev–Trinajstić information content (AvgIpc) is 3.12. The van der Waals surface area contributed by atoms with Crippen molar-refractivity contribution in [1.82, 2.24) is 4.90 Å². The number of benzene rings is 4. The van der Waals surface area contributed by atoms with Gasteiger partial charge in [0.05, 0.1) is 11.4 Å². The molecule has 1 heterocycles. The van der Waals surface area contributed by atoms with Gasteiger partial charge < -0.3 is 4.74 Å². The number of carbonyl (C=O) groups is 2. The van der Waals surface area contributed by atoms with Crippen LogP contribution in [0.25, 0.3) is 16.8 Å². The van der Waals surface area contributed by atoms with Gasteiger partial charge in [-0.15, -0.1) is 0 Å². The number of carbonyl (C=O) groups excluding carboxylic acids is 2. The standard InChI is InChI=1S/C29H22ClNO3S/c1-19-7-6-8-20(15-19)17-31-28(32)27(35-29(31)33)16-24-23-11-4-2-9-21(23)13-14-26(24)34-18-22-10-3-5-12-25(22)30/h2-16H,17-18H2,1H3/b27-16-. The molecule has 0 unspecified atom stereocenters. The molecule has 0 bridgehead atoms. The van der Waals surface area contributed by atoms with E-state index in [1.807, 2.05) is 91.9 Å². The van der Waals surface area contributed by atoms with Crippen molar-refractivity contribution < 1.29 is 14.3 Å². The van der Waals surface area contributed by atoms with Crippen molar-refractivity contribution in [3.8, 4) is 5.75 Å². The molecular formula is C29H22ClNO3S. The quantitative estimate of drug-likeness (QED) is 0.256. The van der Waals surface area contributed by atoms with Gasteiger partial charge in [-0.05, 0) is 53.2 Å². The minimum absolute atomic E-state index is 0.245. The minimum Gasteiger partial charge on any atom is -0.488 e. The molecule has 0 aromatic heterocycles. The Morgan fingerprint density at radius 2 is 1.74 bits per heavy atom. The minimum atomic E-state index is -0.300. The molecule has 1 saturated heterocycles. The molecule has 0 aliphatic carbocycles. The summed E-state index contributed by atoms with van der Waals surface area (Å²) in [5, 5.41) is 2.31. The molecule has 1 fully saturated rings. The summed E-state index contributed by atoms with van der Waals surface area (Å²) in [6.45, 7) is 2.52. The number of ether oxygens (including phenoxy) is 1. The van der Waals surface area contributed by atoms with Crippen molar-refractivity contribution in [2.45, 2.75) is 20.1 Å². The van der Waals surface area contributed by atoms with Crippen LogP contribution in [0.5, 0.6) is 5.75 Å². The monoisotopic (exact) mass is 499 g/mol. The Morgan fingerprint density at radius 1 is 0.943 bits per heavy atom. The first-order chi connectivity index (χ1) is 17.0. The highest BCUT2D eigenvalue weighted by Gasteiger charge is 2.35. The topological polar surface area (TPSA) is 46.6 Å². The van der Waals surface area contributed by atoms with E-state index in [1.54, 1.807) is 6.08 Å². The van der Waals surface area contributed by atoms with Crippen LogP contribution < -0.4 is 4.74 Å². The van der Waals surface area contributed by atoms with E-state index < -0.39 is 0 Å². The molecule has 0 saturated carbocycles. The summed E-state index contributed by atoms with van der Waals surface area (Å²) in [5.41, 5.74) is 3.63. The number of fused-ring (bicyclic) bond motifs is 1. The Morgan fingerprint density at radius 3 is 2.57 bits per heavy atom. The summed E-state index contributed by atoms with van der Waals surface area (Å²) in [5.74, 6) is 0.320. The van der Waals surface area contributed by atoms with Gasteiger partial charge in [0.2, 0.25) is 0 Å². The Hall–Kier alpha value is -3.54. The Labute approximate surface area is 213 Å². The van der Waals surface area contributed by atoms with E-state index in [-0.39, 0.29) is 24.3 Å². The Balaban J connectivity index is 1.49. The van der Waals surface area contributed by atoms with Crippen LogP contribution in [0.15, 0.2) is 89.8 Å². The molecule has 174 valence electrons. The van der Waals surface area contributed by atoms with E-state index in [9.17, 15) is 9.59 Å². The lowest BCUT2D eigenvalue weighted by Crippen LogP contribution is -2.27. The number of aryl methyl sites for hydroxylation is 1. The zero-order valence-corrected chi connectivity index (χ0v) is 20.6. The van der Waals surface area contributed by atoms with E-state index in [0.717, 1.165) is 44.8 Å². The lowest BCUT2D eigenvalue weighted by atomic mass is 10.0. The summed E-state index contributed by atoms with van der Waals surface area (Å²) in [6, 6.07) is 27.1. The zero-order chi connectivity index (χ0) is 24.4. The molecule has 35 heavy (non-hydrogen) atoms. The fourth-order valence-electron chi connectivity index (χ4n) is 4.08. The van der Waals surface area contributed by atoms with Crippen molar-refractivity contribution in [1.29, 1.82) is 0 Å². The highest BCUT2D eigenvalue weighted by Crippen LogP contribution is 2.37. The Bertz CT molecular complexity index is 1480. The van der Waals surface area contributed by atoms with Crippen LogP contribution in [0.2, 0.25) is 5.02 Å². The van der Waals surface area contributed by atoms with E-state index in [0.29, 0.717) is 15.7 Å². The molecule has 6 heteroatoms. The molecule has 2 amide bonds. The molecule has 5 rings (SSSR count). The van der Waals surface area contributed by atoms with Gasteiger partial charge in [-0.1, -0.05) is 90.0 Å². The molecule has 4 aromatic carbocycles. The van der Waals surface area contributed by atoms with E-state index in [2.05, 4.69) is 0 Å². The van der Waals surface area contributed by atoms with Gasteiger partial charge in [-0.3, -0.25) is 14.5 Å². The summed E-state index contributed by atoms with van der Waals surface area (Å²) >= 11 is 7.26. The zero-order valence-electron chi connectivity index (χ0n) is 19.0. The number of hydrogen-bond acceptors (Lipinski definition) is 4. The third kappa shape index (κ3) is 4.97. The van der Waals surface area contributed by atoms with Gasteiger partial charge in [-0.25, -0.2) is 0 Å². The van der Waals surface area contributed by atoms with Gasteiger partial charge in [-0.2, -0.15) is 0 Å². The lowest BCUT2D eigenvalue weighted by molar-refractivity contribution is -0.123. The van der Waals surface area contributed by atoms with Crippen LogP contribution in [0.1, 0.15) is 22.3 Å². The van der Waals surface area contributed by atoms with Gasteiger partial charge in [0, 0.05) is 16.1 Å². The first-order valence-electron chi connectivity index (χ1n) is 11.2. The maximum absolute atomic E-state index is 13.2. The van der Waals surface area contributed by atoms with E-state index in [4.69, 9.17) is 16.3 Å². The second-order valence-electron chi connectivity index (χ2n) is 8.34. The van der Waals surface area contributed by atoms with Crippen molar-refractivity contribution in [2.75, 3.05) is 0 Å². The smallest absolute Gasteiger partial charge is 0.293 e. The molecule has 1 aliphatic heterocycles. The number of amides is 2.